The molecule has 34 heavy (non-hydrogen) atoms. The van der Waals surface area contributed by atoms with E-state index in [4.69, 9.17) is 9.47 Å². The van der Waals surface area contributed by atoms with Crippen molar-refractivity contribution < 1.29 is 45.0 Å². The second-order valence-corrected chi connectivity index (χ2v) is 9.50. The first kappa shape index (κ1) is 23.8. The van der Waals surface area contributed by atoms with E-state index < -0.39 is 50.9 Å². The second-order valence-electron chi connectivity index (χ2n) is 7.85. The number of sulfonamides is 1. The number of hydrogen-bond donors (Lipinski definition) is 2. The zero-order valence-corrected chi connectivity index (χ0v) is 18.3. The smallest absolute Gasteiger partial charge is 0.471 e. The molecule has 0 spiro atoms. The molecule has 1 aliphatic carbocycles. The summed E-state index contributed by atoms with van der Waals surface area (Å²) in [6.07, 6.45) is -4.33. The van der Waals surface area contributed by atoms with Crippen molar-refractivity contribution in [1.29, 1.82) is 0 Å². The topological polar surface area (TPSA) is 111 Å². The molecule has 1 fully saturated rings. The molecule has 2 N–H and O–H groups in total. The van der Waals surface area contributed by atoms with Gasteiger partial charge in [0.15, 0.2) is 0 Å². The summed E-state index contributed by atoms with van der Waals surface area (Å²) in [4.78, 5) is 23.0. The van der Waals surface area contributed by atoms with Gasteiger partial charge in [-0.1, -0.05) is 6.07 Å². The van der Waals surface area contributed by atoms with E-state index in [1.807, 2.05) is 0 Å². The highest BCUT2D eigenvalue weighted by Gasteiger charge is 2.45. The Hall–Kier alpha value is -3.35. The number of methoxy groups -OCH3 is 1. The van der Waals surface area contributed by atoms with Gasteiger partial charge in [-0.2, -0.15) is 13.2 Å². The number of anilines is 1. The second kappa shape index (κ2) is 8.46. The first-order valence-electron chi connectivity index (χ1n) is 9.96. The molecule has 1 saturated carbocycles. The van der Waals surface area contributed by atoms with E-state index in [2.05, 4.69) is 4.72 Å². The Morgan fingerprint density at radius 1 is 1.21 bits per heavy atom. The molecule has 13 heteroatoms. The predicted molar refractivity (Wildman–Crippen MR) is 109 cm³/mol. The lowest BCUT2D eigenvalue weighted by Crippen LogP contribution is -2.36. The predicted octanol–water partition coefficient (Wildman–Crippen LogP) is 3.09. The molecule has 2 aromatic carbocycles. The Bertz CT molecular complexity index is 1280. The maximum Gasteiger partial charge on any atom is 0.471 e. The van der Waals surface area contributed by atoms with Crippen LogP contribution in [0.25, 0.3) is 0 Å². The summed E-state index contributed by atoms with van der Waals surface area (Å²) in [5.41, 5.74) is -0.0149. The third-order valence-corrected chi connectivity index (χ3v) is 7.06. The number of ether oxygens (including phenoxy) is 2. The van der Waals surface area contributed by atoms with Gasteiger partial charge in [-0.25, -0.2) is 17.6 Å². The van der Waals surface area contributed by atoms with Gasteiger partial charge in [0.2, 0.25) is 0 Å². The van der Waals surface area contributed by atoms with Gasteiger partial charge in [-0.05, 0) is 47.7 Å². The van der Waals surface area contributed by atoms with Crippen molar-refractivity contribution in [3.8, 4) is 5.75 Å². The van der Waals surface area contributed by atoms with Crippen molar-refractivity contribution in [1.82, 2.24) is 5.32 Å². The van der Waals surface area contributed by atoms with Crippen molar-refractivity contribution in [2.45, 2.75) is 30.0 Å². The largest absolute Gasteiger partial charge is 0.492 e. The van der Waals surface area contributed by atoms with E-state index in [0.717, 1.165) is 31.2 Å². The number of esters is 1. The van der Waals surface area contributed by atoms with Crippen LogP contribution in [-0.4, -0.2) is 40.2 Å². The molecule has 0 radical (unpaired) electrons. The third-order valence-electron chi connectivity index (χ3n) is 5.59. The van der Waals surface area contributed by atoms with E-state index in [1.54, 1.807) is 6.07 Å². The fourth-order valence-electron chi connectivity index (χ4n) is 3.86. The minimum absolute atomic E-state index is 0.150. The molecule has 2 aliphatic rings. The van der Waals surface area contributed by atoms with Crippen LogP contribution in [-0.2, 0) is 26.1 Å². The zero-order valence-electron chi connectivity index (χ0n) is 17.5. The highest BCUT2D eigenvalue weighted by atomic mass is 32.2. The van der Waals surface area contributed by atoms with Crippen LogP contribution in [0.15, 0.2) is 35.2 Å². The van der Waals surface area contributed by atoms with Crippen LogP contribution in [0.3, 0.4) is 0 Å². The fraction of sp³-hybridized carbons (Fsp3) is 0.333. The summed E-state index contributed by atoms with van der Waals surface area (Å²) in [5, 5.41) is 1.51. The zero-order chi connectivity index (χ0) is 24.8. The van der Waals surface area contributed by atoms with E-state index in [-0.39, 0.29) is 22.9 Å². The summed E-state index contributed by atoms with van der Waals surface area (Å²) in [6, 6.07) is 5.32. The molecule has 0 saturated heterocycles. The lowest BCUT2D eigenvalue weighted by molar-refractivity contribution is -0.173. The molecule has 2 aromatic rings. The minimum Gasteiger partial charge on any atom is -0.492 e. The van der Waals surface area contributed by atoms with Gasteiger partial charge in [0.25, 0.3) is 10.0 Å². The van der Waals surface area contributed by atoms with E-state index in [1.165, 1.54) is 11.4 Å². The summed E-state index contributed by atoms with van der Waals surface area (Å²) in [5.74, 6) is -3.38. The molecule has 4 rings (SSSR count). The molecule has 182 valence electrons. The van der Waals surface area contributed by atoms with Gasteiger partial charge in [0, 0.05) is 12.5 Å². The summed E-state index contributed by atoms with van der Waals surface area (Å²) >= 11 is 0. The molecular weight excluding hydrogens is 484 g/mol. The molecular formula is C21H18F4N2O6S. The number of carbonyl (C=O) groups is 2. The molecule has 1 aliphatic heterocycles. The van der Waals surface area contributed by atoms with Crippen molar-refractivity contribution in [2.24, 2.45) is 5.92 Å². The summed E-state index contributed by atoms with van der Waals surface area (Å²) in [6.45, 7) is -0.550. The normalized spacial score (nSPS) is 18.7. The van der Waals surface area contributed by atoms with E-state index in [9.17, 15) is 35.6 Å². The highest BCUT2D eigenvalue weighted by molar-refractivity contribution is 7.92. The van der Waals surface area contributed by atoms with Crippen LogP contribution in [0, 0.1) is 11.7 Å². The molecule has 0 unspecified atom stereocenters. The Kier molecular flexibility index (Phi) is 5.92. The van der Waals surface area contributed by atoms with Gasteiger partial charge < -0.3 is 14.8 Å². The number of hydrogen-bond acceptors (Lipinski definition) is 6. The van der Waals surface area contributed by atoms with Crippen molar-refractivity contribution in [2.75, 3.05) is 18.4 Å². The lowest BCUT2D eigenvalue weighted by Gasteiger charge is -2.22. The number of benzene rings is 2. The highest BCUT2D eigenvalue weighted by Crippen LogP contribution is 2.55. The summed E-state index contributed by atoms with van der Waals surface area (Å²) < 4.78 is 90.2. The monoisotopic (exact) mass is 502 g/mol. The van der Waals surface area contributed by atoms with Crippen LogP contribution in [0.2, 0.25) is 0 Å². The Labute approximate surface area is 191 Å². The summed E-state index contributed by atoms with van der Waals surface area (Å²) in [7, 11) is -3.44. The van der Waals surface area contributed by atoms with Crippen molar-refractivity contribution >= 4 is 27.6 Å². The molecule has 0 aromatic heterocycles. The molecule has 2 atom stereocenters. The van der Waals surface area contributed by atoms with Crippen LogP contribution in [0.1, 0.15) is 33.8 Å². The van der Waals surface area contributed by atoms with Gasteiger partial charge in [0.1, 0.15) is 17.1 Å². The molecule has 8 nitrogen and oxygen atoms in total. The average Bonchev–Trinajstić information content (AvgIpc) is 3.56. The number of fused-ring (bicyclic) bond motifs is 3. The fourth-order valence-corrected chi connectivity index (χ4v) is 5.16. The maximum atomic E-state index is 13.7. The van der Waals surface area contributed by atoms with Gasteiger partial charge in [0.05, 0.1) is 24.3 Å². The number of carbonyl (C=O) groups excluding carboxylic acids is 2. The van der Waals surface area contributed by atoms with Crippen LogP contribution < -0.4 is 14.8 Å². The maximum absolute atomic E-state index is 13.7. The molecule has 1 amide bonds. The van der Waals surface area contributed by atoms with E-state index >= 15 is 0 Å². The number of amides is 1. The molecule has 1 heterocycles. The number of rotatable bonds is 6. The van der Waals surface area contributed by atoms with Gasteiger partial charge >= 0.3 is 18.1 Å². The number of alkyl halides is 3. The van der Waals surface area contributed by atoms with Gasteiger partial charge in [-0.15, -0.1) is 0 Å². The van der Waals surface area contributed by atoms with Crippen molar-refractivity contribution in [3.05, 3.63) is 52.8 Å². The van der Waals surface area contributed by atoms with Crippen molar-refractivity contribution in [3.63, 3.8) is 0 Å². The Morgan fingerprint density at radius 3 is 2.62 bits per heavy atom. The Balaban J connectivity index is 1.69. The minimum atomic E-state index is -5.20. The first-order chi connectivity index (χ1) is 15.9. The Morgan fingerprint density at radius 2 is 1.94 bits per heavy atom. The quantitative estimate of drug-likeness (QED) is 0.464. The lowest BCUT2D eigenvalue weighted by atomic mass is 10.0. The first-order valence-corrected chi connectivity index (χ1v) is 11.4. The third kappa shape index (κ3) is 4.52. The van der Waals surface area contributed by atoms with Crippen LogP contribution in [0.5, 0.6) is 5.75 Å². The van der Waals surface area contributed by atoms with Crippen LogP contribution >= 0.6 is 0 Å². The van der Waals surface area contributed by atoms with E-state index in [0.29, 0.717) is 18.6 Å². The SMILES string of the molecule is COC(=O)c1c(NS(=O)(=O)c2ccc(F)cc2CNC(=O)C(F)(F)F)ccc2c1OC[C@@H]1C[C@H]21. The molecule has 0 bridgehead atoms. The van der Waals surface area contributed by atoms with Crippen LogP contribution in [0.4, 0.5) is 23.2 Å². The standard InChI is InChI=1S/C21H18F4N2O6S/c1-32-19(28)17-15(4-3-13-14-7-11(14)9-33-18(13)17)27-34(30,31)16-5-2-12(22)6-10(16)8-26-20(29)21(23,24)25/h2-6,11,14,27H,7-9H2,1H3,(H,26,29)/t11-,14-/m0/s1. The van der Waals surface area contributed by atoms with Gasteiger partial charge in [-0.3, -0.25) is 9.52 Å². The average molecular weight is 502 g/mol. The number of nitrogens with one attached hydrogen (secondary N) is 2. The number of halogens is 4.